The van der Waals surface area contributed by atoms with Gasteiger partial charge in [0.2, 0.25) is 5.91 Å². The maximum atomic E-state index is 11.8. The van der Waals surface area contributed by atoms with Crippen LogP contribution in [0, 0.1) is 6.92 Å². The van der Waals surface area contributed by atoms with E-state index >= 15 is 0 Å². The first-order valence-corrected chi connectivity index (χ1v) is 6.12. The third-order valence-corrected chi connectivity index (χ3v) is 2.73. The van der Waals surface area contributed by atoms with Crippen LogP contribution in [0.15, 0.2) is 24.3 Å². The summed E-state index contributed by atoms with van der Waals surface area (Å²) in [7, 11) is 3.47. The van der Waals surface area contributed by atoms with E-state index in [0.29, 0.717) is 26.2 Å². The van der Waals surface area contributed by atoms with Gasteiger partial charge in [-0.05, 0) is 12.5 Å². The second-order valence-electron chi connectivity index (χ2n) is 4.40. The van der Waals surface area contributed by atoms with Crippen LogP contribution in [0.4, 0.5) is 0 Å². The molecule has 0 unspecified atom stereocenters. The summed E-state index contributed by atoms with van der Waals surface area (Å²) in [6.07, 6.45) is 0. The molecule has 1 rings (SSSR count). The molecule has 0 saturated carbocycles. The maximum Gasteiger partial charge on any atom is 0.236 e. The minimum atomic E-state index is 0.0895. The number of aryl methyl sites for hydroxylation is 1. The topological polar surface area (TPSA) is 41.6 Å². The average molecular weight is 250 g/mol. The van der Waals surface area contributed by atoms with E-state index in [1.165, 1.54) is 5.56 Å². The minimum Gasteiger partial charge on any atom is -0.383 e. The monoisotopic (exact) mass is 250 g/mol. The van der Waals surface area contributed by atoms with Crippen LogP contribution in [0.1, 0.15) is 11.1 Å². The van der Waals surface area contributed by atoms with E-state index < -0.39 is 0 Å². The molecule has 0 aliphatic rings. The molecule has 0 bridgehead atoms. The van der Waals surface area contributed by atoms with Crippen molar-refractivity contribution in [1.82, 2.24) is 10.2 Å². The van der Waals surface area contributed by atoms with E-state index in [4.69, 9.17) is 4.74 Å². The number of hydrogen-bond acceptors (Lipinski definition) is 3. The van der Waals surface area contributed by atoms with Crippen molar-refractivity contribution in [3.63, 3.8) is 0 Å². The largest absolute Gasteiger partial charge is 0.383 e. The Balaban J connectivity index is 2.33. The smallest absolute Gasteiger partial charge is 0.236 e. The summed E-state index contributed by atoms with van der Waals surface area (Å²) in [6.45, 7) is 4.37. The summed E-state index contributed by atoms with van der Waals surface area (Å²) in [5.74, 6) is 0.0895. The van der Waals surface area contributed by atoms with Gasteiger partial charge in [0.1, 0.15) is 0 Å². The zero-order valence-corrected chi connectivity index (χ0v) is 11.4. The molecule has 4 nitrogen and oxygen atoms in total. The lowest BCUT2D eigenvalue weighted by Gasteiger charge is -2.17. The summed E-state index contributed by atoms with van der Waals surface area (Å²) in [5, 5.41) is 3.05. The van der Waals surface area contributed by atoms with Crippen LogP contribution in [0.2, 0.25) is 0 Å². The fraction of sp³-hybridized carbons (Fsp3) is 0.500. The normalized spacial score (nSPS) is 10.4. The first kappa shape index (κ1) is 14.7. The number of methoxy groups -OCH3 is 1. The summed E-state index contributed by atoms with van der Waals surface area (Å²) >= 11 is 0. The zero-order chi connectivity index (χ0) is 13.4. The Bertz CT molecular complexity index is 363. The fourth-order valence-electron chi connectivity index (χ4n) is 1.56. The number of ether oxygens (including phenoxy) is 1. The van der Waals surface area contributed by atoms with Crippen LogP contribution < -0.4 is 5.32 Å². The summed E-state index contributed by atoms with van der Waals surface area (Å²) in [4.78, 5) is 13.5. The number of carbonyl (C=O) groups is 1. The average Bonchev–Trinajstić information content (AvgIpc) is 2.37. The van der Waals surface area contributed by atoms with Gasteiger partial charge in [-0.3, -0.25) is 4.79 Å². The molecule has 4 heteroatoms. The molecule has 0 heterocycles. The molecule has 1 amide bonds. The summed E-state index contributed by atoms with van der Waals surface area (Å²) in [6, 6.07) is 8.23. The Kier molecular flexibility index (Phi) is 6.39. The summed E-state index contributed by atoms with van der Waals surface area (Å²) < 4.78 is 4.90. The third-order valence-electron chi connectivity index (χ3n) is 2.73. The van der Waals surface area contributed by atoms with Gasteiger partial charge in [0.15, 0.2) is 0 Å². The van der Waals surface area contributed by atoms with Crippen LogP contribution in [0.25, 0.3) is 0 Å². The third kappa shape index (κ3) is 5.29. The van der Waals surface area contributed by atoms with Crippen LogP contribution in [-0.4, -0.2) is 44.7 Å². The molecule has 1 aromatic carbocycles. The van der Waals surface area contributed by atoms with Gasteiger partial charge in [-0.1, -0.05) is 29.8 Å². The van der Waals surface area contributed by atoms with Gasteiger partial charge in [-0.2, -0.15) is 0 Å². The maximum absolute atomic E-state index is 11.8. The van der Waals surface area contributed by atoms with Gasteiger partial charge in [0.25, 0.3) is 0 Å². The van der Waals surface area contributed by atoms with Crippen LogP contribution in [0.3, 0.4) is 0 Å². The van der Waals surface area contributed by atoms with Crippen molar-refractivity contribution in [1.29, 1.82) is 0 Å². The van der Waals surface area contributed by atoms with Crippen molar-refractivity contribution in [3.05, 3.63) is 35.4 Å². The molecule has 0 aromatic heterocycles. The second kappa shape index (κ2) is 7.84. The Labute approximate surface area is 109 Å². The predicted octanol–water partition coefficient (Wildman–Crippen LogP) is 1.19. The van der Waals surface area contributed by atoms with Crippen molar-refractivity contribution < 1.29 is 9.53 Å². The number of rotatable bonds is 7. The van der Waals surface area contributed by atoms with Gasteiger partial charge in [-0.15, -0.1) is 0 Å². The van der Waals surface area contributed by atoms with Crippen LogP contribution >= 0.6 is 0 Å². The number of nitrogens with zero attached hydrogens (tertiary/aromatic N) is 1. The predicted molar refractivity (Wildman–Crippen MR) is 72.4 cm³/mol. The summed E-state index contributed by atoms with van der Waals surface area (Å²) in [5.41, 5.74) is 2.38. The van der Waals surface area contributed by atoms with E-state index in [1.54, 1.807) is 12.0 Å². The van der Waals surface area contributed by atoms with Crippen molar-refractivity contribution in [2.75, 3.05) is 33.9 Å². The molecular weight excluding hydrogens is 228 g/mol. The Morgan fingerprint density at radius 3 is 2.61 bits per heavy atom. The van der Waals surface area contributed by atoms with Gasteiger partial charge < -0.3 is 15.0 Å². The number of nitrogens with one attached hydrogen (secondary N) is 1. The molecule has 1 aromatic rings. The highest BCUT2D eigenvalue weighted by molar-refractivity contribution is 5.77. The molecule has 0 fully saturated rings. The molecule has 0 aliphatic carbocycles. The van der Waals surface area contributed by atoms with E-state index in [-0.39, 0.29) is 5.91 Å². The van der Waals surface area contributed by atoms with Crippen molar-refractivity contribution in [2.24, 2.45) is 0 Å². The van der Waals surface area contributed by atoms with Gasteiger partial charge >= 0.3 is 0 Å². The lowest BCUT2D eigenvalue weighted by Crippen LogP contribution is -2.36. The Hall–Kier alpha value is -1.39. The Morgan fingerprint density at radius 2 is 2.00 bits per heavy atom. The number of hydrogen-bond donors (Lipinski definition) is 1. The zero-order valence-electron chi connectivity index (χ0n) is 11.4. The van der Waals surface area contributed by atoms with Gasteiger partial charge in [0, 0.05) is 27.2 Å². The number of carbonyl (C=O) groups excluding carboxylic acids is 1. The second-order valence-corrected chi connectivity index (χ2v) is 4.40. The molecule has 0 spiro atoms. The van der Waals surface area contributed by atoms with Gasteiger partial charge in [-0.25, -0.2) is 0 Å². The van der Waals surface area contributed by atoms with Crippen molar-refractivity contribution >= 4 is 5.91 Å². The first-order valence-electron chi connectivity index (χ1n) is 6.12. The standard InChI is InChI=1S/C14H22N2O2/c1-12-4-6-13(7-5-12)11-16(2)14(17)10-15-8-9-18-3/h4-7,15H,8-11H2,1-3H3. The highest BCUT2D eigenvalue weighted by atomic mass is 16.5. The minimum absolute atomic E-state index is 0.0895. The molecule has 0 saturated heterocycles. The molecule has 0 atom stereocenters. The van der Waals surface area contributed by atoms with E-state index in [9.17, 15) is 4.79 Å². The molecule has 0 aliphatic heterocycles. The highest BCUT2D eigenvalue weighted by Gasteiger charge is 2.08. The molecule has 1 N–H and O–H groups in total. The molecule has 0 radical (unpaired) electrons. The van der Waals surface area contributed by atoms with E-state index in [2.05, 4.69) is 36.5 Å². The van der Waals surface area contributed by atoms with Crippen LogP contribution in [-0.2, 0) is 16.1 Å². The lowest BCUT2D eigenvalue weighted by molar-refractivity contribution is -0.129. The first-order chi connectivity index (χ1) is 8.63. The van der Waals surface area contributed by atoms with Gasteiger partial charge in [0.05, 0.1) is 13.2 Å². The van der Waals surface area contributed by atoms with E-state index in [1.807, 2.05) is 7.05 Å². The SMILES string of the molecule is COCCNCC(=O)N(C)Cc1ccc(C)cc1. The fourth-order valence-corrected chi connectivity index (χ4v) is 1.56. The van der Waals surface area contributed by atoms with Crippen molar-refractivity contribution in [3.8, 4) is 0 Å². The van der Waals surface area contributed by atoms with Crippen LogP contribution in [0.5, 0.6) is 0 Å². The number of likely N-dealkylation sites (N-methyl/N-ethyl adjacent to an activating group) is 1. The highest BCUT2D eigenvalue weighted by Crippen LogP contribution is 2.05. The quantitative estimate of drug-likeness (QED) is 0.739. The molecule has 100 valence electrons. The lowest BCUT2D eigenvalue weighted by atomic mass is 10.1. The number of amides is 1. The van der Waals surface area contributed by atoms with Crippen molar-refractivity contribution in [2.45, 2.75) is 13.5 Å². The molecule has 18 heavy (non-hydrogen) atoms. The number of benzene rings is 1. The Morgan fingerprint density at radius 1 is 1.33 bits per heavy atom. The van der Waals surface area contributed by atoms with E-state index in [0.717, 1.165) is 5.56 Å². The molecular formula is C14H22N2O2.